The molecule has 0 aliphatic rings. The van der Waals surface area contributed by atoms with Gasteiger partial charge in [0.25, 0.3) is 0 Å². The van der Waals surface area contributed by atoms with Gasteiger partial charge in [0.1, 0.15) is 0 Å². The zero-order valence-electron chi connectivity index (χ0n) is 14.9. The maximum atomic E-state index is 12.2. The zero-order chi connectivity index (χ0) is 16.8. The van der Waals surface area contributed by atoms with Gasteiger partial charge in [-0.1, -0.05) is 20.3 Å². The van der Waals surface area contributed by atoms with Crippen molar-refractivity contribution in [2.45, 2.75) is 86.4 Å². The van der Waals surface area contributed by atoms with Crippen LogP contribution in [0.25, 0.3) is 0 Å². The van der Waals surface area contributed by atoms with Crippen molar-refractivity contribution in [3.8, 4) is 0 Å². The molecule has 0 amide bonds. The standard InChI is InChI=1S/C17H32O4/c1-9-12(2)10-11-13(3)20-15(19)17(7,8)21-14(18)16(4,5)6/h12-13H,9-11H2,1-8H3. The second-order valence-corrected chi connectivity index (χ2v) is 7.46. The van der Waals surface area contributed by atoms with Gasteiger partial charge in [-0.05, 0) is 60.3 Å². The molecule has 0 N–H and O–H groups in total. The van der Waals surface area contributed by atoms with E-state index in [-0.39, 0.29) is 6.10 Å². The van der Waals surface area contributed by atoms with Crippen LogP contribution in [-0.4, -0.2) is 23.6 Å². The van der Waals surface area contributed by atoms with E-state index in [1.165, 1.54) is 0 Å². The molecule has 0 aromatic carbocycles. The number of carbonyl (C=O) groups is 2. The Hall–Kier alpha value is -1.06. The van der Waals surface area contributed by atoms with E-state index in [2.05, 4.69) is 13.8 Å². The van der Waals surface area contributed by atoms with Gasteiger partial charge in [-0.15, -0.1) is 0 Å². The van der Waals surface area contributed by atoms with Gasteiger partial charge >= 0.3 is 11.9 Å². The van der Waals surface area contributed by atoms with Crippen molar-refractivity contribution in [1.82, 2.24) is 0 Å². The lowest BCUT2D eigenvalue weighted by Gasteiger charge is -2.28. The van der Waals surface area contributed by atoms with Gasteiger partial charge in [-0.25, -0.2) is 4.79 Å². The van der Waals surface area contributed by atoms with Crippen molar-refractivity contribution in [2.75, 3.05) is 0 Å². The Labute approximate surface area is 129 Å². The fraction of sp³-hybridized carbons (Fsp3) is 0.882. The van der Waals surface area contributed by atoms with Crippen LogP contribution < -0.4 is 0 Å². The highest BCUT2D eigenvalue weighted by atomic mass is 16.6. The van der Waals surface area contributed by atoms with E-state index in [0.29, 0.717) is 5.92 Å². The van der Waals surface area contributed by atoms with Crippen molar-refractivity contribution in [2.24, 2.45) is 11.3 Å². The van der Waals surface area contributed by atoms with Crippen molar-refractivity contribution < 1.29 is 19.1 Å². The molecule has 0 fully saturated rings. The summed E-state index contributed by atoms with van der Waals surface area (Å²) in [5.41, 5.74) is -1.89. The first-order valence-electron chi connectivity index (χ1n) is 7.84. The predicted octanol–water partition coefficient (Wildman–Crippen LogP) is 4.11. The van der Waals surface area contributed by atoms with Crippen LogP contribution in [0.4, 0.5) is 0 Å². The topological polar surface area (TPSA) is 52.6 Å². The molecule has 0 saturated carbocycles. The van der Waals surface area contributed by atoms with Gasteiger partial charge in [-0.3, -0.25) is 4.79 Å². The van der Waals surface area contributed by atoms with Crippen molar-refractivity contribution in [3.05, 3.63) is 0 Å². The molecular weight excluding hydrogens is 268 g/mol. The molecule has 4 heteroatoms. The summed E-state index contributed by atoms with van der Waals surface area (Å²) in [4.78, 5) is 24.0. The quantitative estimate of drug-likeness (QED) is 0.664. The Morgan fingerprint density at radius 3 is 1.90 bits per heavy atom. The highest BCUT2D eigenvalue weighted by Crippen LogP contribution is 2.22. The summed E-state index contributed by atoms with van der Waals surface area (Å²) in [6, 6.07) is 0. The number of ether oxygens (including phenoxy) is 2. The van der Waals surface area contributed by atoms with Crippen LogP contribution in [0.1, 0.15) is 74.7 Å². The van der Waals surface area contributed by atoms with E-state index in [1.807, 2.05) is 6.92 Å². The van der Waals surface area contributed by atoms with E-state index in [0.717, 1.165) is 19.3 Å². The molecule has 0 aliphatic heterocycles. The molecule has 0 rings (SSSR count). The SMILES string of the molecule is CCC(C)CCC(C)OC(=O)C(C)(C)OC(=O)C(C)(C)C. The molecule has 0 aromatic heterocycles. The van der Waals surface area contributed by atoms with Crippen molar-refractivity contribution in [3.63, 3.8) is 0 Å². The fourth-order valence-corrected chi connectivity index (χ4v) is 1.53. The maximum absolute atomic E-state index is 12.2. The third-order valence-electron chi connectivity index (χ3n) is 3.52. The Kier molecular flexibility index (Phi) is 7.41. The van der Waals surface area contributed by atoms with Crippen molar-refractivity contribution in [1.29, 1.82) is 0 Å². The first kappa shape index (κ1) is 19.9. The minimum atomic E-state index is -1.25. The van der Waals surface area contributed by atoms with E-state index >= 15 is 0 Å². The van der Waals surface area contributed by atoms with Crippen LogP contribution in [0.15, 0.2) is 0 Å². The molecule has 0 aromatic rings. The summed E-state index contributed by atoms with van der Waals surface area (Å²) < 4.78 is 10.7. The van der Waals surface area contributed by atoms with Gasteiger partial charge in [0.15, 0.2) is 0 Å². The van der Waals surface area contributed by atoms with E-state index in [1.54, 1.807) is 34.6 Å². The van der Waals surface area contributed by atoms with Gasteiger partial charge in [0.2, 0.25) is 5.60 Å². The first-order chi connectivity index (χ1) is 9.40. The Morgan fingerprint density at radius 1 is 0.952 bits per heavy atom. The molecule has 124 valence electrons. The summed E-state index contributed by atoms with van der Waals surface area (Å²) in [6.07, 6.45) is 2.80. The van der Waals surface area contributed by atoms with Gasteiger partial charge in [0, 0.05) is 0 Å². The lowest BCUT2D eigenvalue weighted by atomic mass is 9.96. The summed E-state index contributed by atoms with van der Waals surface area (Å²) in [5, 5.41) is 0. The summed E-state index contributed by atoms with van der Waals surface area (Å²) in [5.74, 6) is -0.272. The molecule has 0 saturated heterocycles. The predicted molar refractivity (Wildman–Crippen MR) is 83.9 cm³/mol. The average Bonchev–Trinajstić information content (AvgIpc) is 2.34. The number of hydrogen-bond donors (Lipinski definition) is 0. The largest absolute Gasteiger partial charge is 0.460 e. The average molecular weight is 300 g/mol. The second kappa shape index (κ2) is 7.81. The molecule has 21 heavy (non-hydrogen) atoms. The van der Waals surface area contributed by atoms with Crippen LogP contribution in [0.2, 0.25) is 0 Å². The smallest absolute Gasteiger partial charge is 0.350 e. The zero-order valence-corrected chi connectivity index (χ0v) is 14.9. The molecular formula is C17H32O4. The van der Waals surface area contributed by atoms with Gasteiger partial charge < -0.3 is 9.47 Å². The Bertz CT molecular complexity index is 352. The highest BCUT2D eigenvalue weighted by molar-refractivity contribution is 5.84. The van der Waals surface area contributed by atoms with E-state index < -0.39 is 23.0 Å². The number of carbonyl (C=O) groups excluding carboxylic acids is 2. The van der Waals surface area contributed by atoms with Gasteiger partial charge in [0.05, 0.1) is 11.5 Å². The van der Waals surface area contributed by atoms with Crippen LogP contribution in [-0.2, 0) is 19.1 Å². The minimum Gasteiger partial charge on any atom is -0.460 e. The van der Waals surface area contributed by atoms with E-state index in [4.69, 9.17) is 9.47 Å². The molecule has 0 radical (unpaired) electrons. The lowest BCUT2D eigenvalue weighted by molar-refractivity contribution is -0.186. The Balaban J connectivity index is 4.45. The summed E-state index contributed by atoms with van der Waals surface area (Å²) >= 11 is 0. The normalized spacial score (nSPS) is 15.2. The first-order valence-corrected chi connectivity index (χ1v) is 7.84. The Morgan fingerprint density at radius 2 is 1.48 bits per heavy atom. The molecule has 2 atom stereocenters. The second-order valence-electron chi connectivity index (χ2n) is 7.46. The molecule has 0 aliphatic carbocycles. The number of esters is 2. The van der Waals surface area contributed by atoms with Crippen molar-refractivity contribution >= 4 is 11.9 Å². The highest BCUT2D eigenvalue weighted by Gasteiger charge is 2.38. The van der Waals surface area contributed by atoms with Crippen LogP contribution in [0.3, 0.4) is 0 Å². The molecule has 4 nitrogen and oxygen atoms in total. The monoisotopic (exact) mass is 300 g/mol. The van der Waals surface area contributed by atoms with Crippen LogP contribution in [0, 0.1) is 11.3 Å². The third-order valence-corrected chi connectivity index (χ3v) is 3.52. The molecule has 2 unspecified atom stereocenters. The van der Waals surface area contributed by atoms with Crippen LogP contribution >= 0.6 is 0 Å². The lowest BCUT2D eigenvalue weighted by Crippen LogP contribution is -2.42. The molecule has 0 spiro atoms. The fourth-order valence-electron chi connectivity index (χ4n) is 1.53. The summed E-state index contributed by atoms with van der Waals surface area (Å²) in [7, 11) is 0. The molecule has 0 bridgehead atoms. The van der Waals surface area contributed by atoms with E-state index in [9.17, 15) is 9.59 Å². The molecule has 0 heterocycles. The minimum absolute atomic E-state index is 0.167. The maximum Gasteiger partial charge on any atom is 0.350 e. The van der Waals surface area contributed by atoms with Gasteiger partial charge in [-0.2, -0.15) is 0 Å². The number of rotatable bonds is 7. The number of hydrogen-bond acceptors (Lipinski definition) is 4. The third kappa shape index (κ3) is 7.49. The van der Waals surface area contributed by atoms with Crippen LogP contribution in [0.5, 0.6) is 0 Å². The summed E-state index contributed by atoms with van der Waals surface area (Å²) in [6.45, 7) is 14.6.